The fourth-order valence-corrected chi connectivity index (χ4v) is 5.57. The largest absolute Gasteiger partial charge is 0.448 e. The van der Waals surface area contributed by atoms with Crippen molar-refractivity contribution < 1.29 is 8.81 Å². The number of anilines is 2. The minimum absolute atomic E-state index is 0.253. The third kappa shape index (κ3) is 3.44. The maximum absolute atomic E-state index is 14.8. The van der Waals surface area contributed by atoms with Crippen molar-refractivity contribution in [3.63, 3.8) is 0 Å². The zero-order valence-electron chi connectivity index (χ0n) is 17.1. The van der Waals surface area contributed by atoms with Crippen LogP contribution in [-0.4, -0.2) is 33.0 Å². The first-order valence-corrected chi connectivity index (χ1v) is 11.5. The van der Waals surface area contributed by atoms with E-state index in [-0.39, 0.29) is 17.2 Å². The molecule has 2 N–H and O–H groups in total. The molecule has 9 heteroatoms. The monoisotopic (exact) mass is 438 g/mol. The van der Waals surface area contributed by atoms with Crippen molar-refractivity contribution in [1.82, 2.24) is 19.9 Å². The van der Waals surface area contributed by atoms with Crippen molar-refractivity contribution in [3.05, 3.63) is 47.8 Å². The van der Waals surface area contributed by atoms with E-state index in [4.69, 9.17) is 10.2 Å². The zero-order chi connectivity index (χ0) is 21.0. The Morgan fingerprint density at radius 2 is 2.00 bits per heavy atom. The van der Waals surface area contributed by atoms with E-state index in [1.54, 1.807) is 24.9 Å². The van der Waals surface area contributed by atoms with Crippen LogP contribution in [0.5, 0.6) is 0 Å². The van der Waals surface area contributed by atoms with E-state index in [1.165, 1.54) is 11.8 Å². The molecule has 0 unspecified atom stereocenters. The Bertz CT molecular complexity index is 1120. The van der Waals surface area contributed by atoms with E-state index < -0.39 is 0 Å². The fourth-order valence-electron chi connectivity index (χ4n) is 4.78. The van der Waals surface area contributed by atoms with Gasteiger partial charge in [-0.2, -0.15) is 0 Å². The minimum atomic E-state index is -0.257. The Labute approximate surface area is 183 Å². The summed E-state index contributed by atoms with van der Waals surface area (Å²) >= 11 is 1.22. The highest BCUT2D eigenvalue weighted by atomic mass is 32.2. The number of rotatable bonds is 4. The average Bonchev–Trinajstić information content (AvgIpc) is 3.44. The van der Waals surface area contributed by atoms with Crippen molar-refractivity contribution >= 4 is 23.4 Å². The van der Waals surface area contributed by atoms with Gasteiger partial charge >= 0.3 is 0 Å². The first-order valence-electron chi connectivity index (χ1n) is 10.7. The van der Waals surface area contributed by atoms with Gasteiger partial charge in [0.1, 0.15) is 16.6 Å². The van der Waals surface area contributed by atoms with Crippen molar-refractivity contribution in [2.45, 2.75) is 54.4 Å². The number of nitrogens with zero attached hydrogens (tertiary/aromatic N) is 5. The van der Waals surface area contributed by atoms with Gasteiger partial charge in [-0.05, 0) is 43.6 Å². The Hall–Kier alpha value is -2.68. The molecule has 3 aromatic heterocycles. The second-order valence-electron chi connectivity index (χ2n) is 8.87. The summed E-state index contributed by atoms with van der Waals surface area (Å²) in [6.45, 7) is 1.79. The molecular weight excluding hydrogens is 415 g/mol. The molecule has 0 aromatic carbocycles. The van der Waals surface area contributed by atoms with Crippen LogP contribution in [0.1, 0.15) is 48.7 Å². The summed E-state index contributed by atoms with van der Waals surface area (Å²) in [5.74, 6) is 2.15. The number of pyridine rings is 1. The number of oxazole rings is 1. The lowest BCUT2D eigenvalue weighted by atomic mass is 9.76. The van der Waals surface area contributed by atoms with Gasteiger partial charge in [0.15, 0.2) is 18.0 Å². The Morgan fingerprint density at radius 1 is 1.16 bits per heavy atom. The third-order valence-electron chi connectivity index (χ3n) is 6.75. The number of nitrogen functional groups attached to an aromatic ring is 1. The van der Waals surface area contributed by atoms with Crippen LogP contribution < -0.4 is 10.6 Å². The van der Waals surface area contributed by atoms with Crippen molar-refractivity contribution in [2.24, 2.45) is 5.41 Å². The lowest BCUT2D eigenvalue weighted by Gasteiger charge is -2.39. The van der Waals surface area contributed by atoms with E-state index in [2.05, 4.69) is 24.8 Å². The molecule has 0 atom stereocenters. The van der Waals surface area contributed by atoms with E-state index in [1.807, 2.05) is 0 Å². The molecule has 6 rings (SSSR count). The molecule has 2 fully saturated rings. The minimum Gasteiger partial charge on any atom is -0.448 e. The predicted molar refractivity (Wildman–Crippen MR) is 115 cm³/mol. The number of aromatic nitrogens is 4. The maximum atomic E-state index is 14.8. The van der Waals surface area contributed by atoms with E-state index in [9.17, 15) is 4.39 Å². The Morgan fingerprint density at radius 3 is 2.74 bits per heavy atom. The molecule has 3 aliphatic rings. The maximum Gasteiger partial charge on any atom is 0.181 e. The topological polar surface area (TPSA) is 94.0 Å². The van der Waals surface area contributed by atoms with Gasteiger partial charge in [0.05, 0.1) is 22.5 Å². The summed E-state index contributed by atoms with van der Waals surface area (Å²) in [4.78, 5) is 20.4. The molecule has 0 amide bonds. The Kier molecular flexibility index (Phi) is 4.41. The van der Waals surface area contributed by atoms with Gasteiger partial charge in [0, 0.05) is 31.6 Å². The van der Waals surface area contributed by atoms with Gasteiger partial charge in [-0.25, -0.2) is 19.3 Å². The number of hydrogen-bond donors (Lipinski definition) is 1. The molecule has 160 valence electrons. The second-order valence-corrected chi connectivity index (χ2v) is 9.90. The lowest BCUT2D eigenvalue weighted by molar-refractivity contribution is 0.221. The van der Waals surface area contributed by atoms with Crippen LogP contribution in [0.25, 0.3) is 0 Å². The van der Waals surface area contributed by atoms with E-state index in [0.29, 0.717) is 21.4 Å². The molecule has 4 heterocycles. The first kappa shape index (κ1) is 19.0. The summed E-state index contributed by atoms with van der Waals surface area (Å²) in [6.07, 6.45) is 11.1. The summed E-state index contributed by atoms with van der Waals surface area (Å²) in [7, 11) is 0. The molecule has 2 aliphatic carbocycles. The zero-order valence-corrected chi connectivity index (χ0v) is 17.9. The number of halogens is 1. The van der Waals surface area contributed by atoms with Crippen molar-refractivity contribution in [3.8, 4) is 0 Å². The molecule has 1 aliphatic heterocycles. The van der Waals surface area contributed by atoms with Crippen LogP contribution in [0.3, 0.4) is 0 Å². The van der Waals surface area contributed by atoms with Gasteiger partial charge < -0.3 is 15.1 Å². The smallest absolute Gasteiger partial charge is 0.181 e. The number of hydrogen-bond acceptors (Lipinski definition) is 8. The van der Waals surface area contributed by atoms with Gasteiger partial charge in [-0.3, -0.25) is 4.98 Å². The molecule has 7 nitrogen and oxygen atoms in total. The standard InChI is InChI=1S/C22H23FN6OS/c23-18-16(3-6-25-19(18)13-1-2-13)31-21-20(24)28-17(11-26-21)29-7-4-22(5-8-29)9-14-15(10-22)30-12-27-14/h3,6,11-13H,1-2,4-5,7-10H2,(H2,24,28). The average molecular weight is 439 g/mol. The third-order valence-corrected chi connectivity index (χ3v) is 7.80. The molecule has 1 spiro atoms. The quantitative estimate of drug-likeness (QED) is 0.653. The second kappa shape index (κ2) is 7.19. The van der Waals surface area contributed by atoms with Gasteiger partial charge in [0.2, 0.25) is 0 Å². The summed E-state index contributed by atoms with van der Waals surface area (Å²) in [6, 6.07) is 1.67. The summed E-state index contributed by atoms with van der Waals surface area (Å²) < 4.78 is 20.3. The van der Waals surface area contributed by atoms with Crippen LogP contribution in [0.15, 0.2) is 39.2 Å². The summed E-state index contributed by atoms with van der Waals surface area (Å²) in [5, 5.41) is 0.524. The van der Waals surface area contributed by atoms with Crippen LogP contribution in [-0.2, 0) is 12.8 Å². The van der Waals surface area contributed by atoms with Crippen LogP contribution >= 0.6 is 11.8 Å². The highest BCUT2D eigenvalue weighted by Crippen LogP contribution is 2.45. The fraction of sp³-hybridized carbons (Fsp3) is 0.455. The van der Waals surface area contributed by atoms with Crippen molar-refractivity contribution in [1.29, 1.82) is 0 Å². The van der Waals surface area contributed by atoms with Crippen LogP contribution in [0, 0.1) is 11.2 Å². The highest BCUT2D eigenvalue weighted by molar-refractivity contribution is 7.99. The number of piperidine rings is 1. The predicted octanol–water partition coefficient (Wildman–Crippen LogP) is 3.99. The van der Waals surface area contributed by atoms with Gasteiger partial charge in [-0.15, -0.1) is 0 Å². The molecular formula is C22H23FN6OS. The lowest BCUT2D eigenvalue weighted by Crippen LogP contribution is -2.41. The molecule has 31 heavy (non-hydrogen) atoms. The van der Waals surface area contributed by atoms with Crippen LogP contribution in [0.2, 0.25) is 0 Å². The van der Waals surface area contributed by atoms with Gasteiger partial charge in [0.25, 0.3) is 0 Å². The van der Waals surface area contributed by atoms with E-state index >= 15 is 0 Å². The summed E-state index contributed by atoms with van der Waals surface area (Å²) in [5.41, 5.74) is 8.14. The molecule has 3 aromatic rings. The molecule has 0 radical (unpaired) electrons. The van der Waals surface area contributed by atoms with Crippen molar-refractivity contribution in [2.75, 3.05) is 23.7 Å². The van der Waals surface area contributed by atoms with Crippen LogP contribution in [0.4, 0.5) is 16.0 Å². The molecule has 1 saturated heterocycles. The SMILES string of the molecule is Nc1nc(N2CCC3(CC2)Cc2ncoc2C3)cnc1Sc1ccnc(C2CC2)c1F. The number of nitrogens with two attached hydrogens (primary N) is 1. The van der Waals surface area contributed by atoms with Gasteiger partial charge in [-0.1, -0.05) is 11.8 Å². The molecule has 0 bridgehead atoms. The molecule has 1 saturated carbocycles. The first-order chi connectivity index (χ1) is 15.1. The highest BCUT2D eigenvalue weighted by Gasteiger charge is 2.42. The normalized spacial score (nSPS) is 19.7. The Balaban J connectivity index is 1.15. The van der Waals surface area contributed by atoms with E-state index in [0.717, 1.165) is 68.9 Å². The number of fused-ring (bicyclic) bond motifs is 1.